The molecule has 3 aromatic rings. The molecule has 0 aromatic carbocycles. The van der Waals surface area contributed by atoms with Crippen LogP contribution < -0.4 is 0 Å². The summed E-state index contributed by atoms with van der Waals surface area (Å²) in [5, 5.41) is 0. The van der Waals surface area contributed by atoms with E-state index in [4.69, 9.17) is 9.97 Å². The van der Waals surface area contributed by atoms with Gasteiger partial charge in [0.05, 0.1) is 33.8 Å². The van der Waals surface area contributed by atoms with Crippen molar-refractivity contribution in [1.29, 1.82) is 0 Å². The van der Waals surface area contributed by atoms with Crippen molar-refractivity contribution >= 4 is 68.8 Å². The topological polar surface area (TPSA) is 59.5 Å². The van der Waals surface area contributed by atoms with E-state index in [1.807, 2.05) is 0 Å². The number of hydrogen-bond acceptors (Lipinski definition) is 6. The summed E-state index contributed by atoms with van der Waals surface area (Å²) in [6.07, 6.45) is 35.7. The molecule has 0 spiro atoms. The molecule has 1 radical (unpaired) electrons. The van der Waals surface area contributed by atoms with E-state index < -0.39 is 0 Å². The Hall–Kier alpha value is -5.77. The van der Waals surface area contributed by atoms with Crippen molar-refractivity contribution in [2.75, 3.05) is 54.4 Å². The molecule has 0 saturated carbocycles. The van der Waals surface area contributed by atoms with Gasteiger partial charge in [0.25, 0.3) is 0 Å². The molecule has 9 heterocycles. The second-order valence-electron chi connectivity index (χ2n) is 14.2. The number of aromatic amines is 1. The van der Waals surface area contributed by atoms with Crippen molar-refractivity contribution in [2.45, 2.75) is 0 Å². The SMILES string of the molecule is CN1C=CC(c2c(C3=CCN(C)C=C3)c3c(C4=CCN(C)C=C4)c4nc(cc5ccc(cc6nc(cc2n3C2=CCN(C)C=C2)C=C6)[nH]5)C=C4)=CC1.[Co]. The molecule has 0 atom stereocenters. The average Bonchev–Trinajstić information content (AvgIpc) is 3.95. The van der Waals surface area contributed by atoms with Crippen LogP contribution in [0, 0.1) is 0 Å². The summed E-state index contributed by atoms with van der Waals surface area (Å²) >= 11 is 0. The first-order chi connectivity index (χ1) is 25.4. The standard InChI is InChI=1S/C44H42N8.Co/c1-48-19-11-30(12-20-48)41-39-10-9-36(47-39)28-35-6-5-33(45-35)27-34-7-8-37(46-34)29-40-42(31-13-21-49(2)22-14-31)43(32-15-23-50(3)24-16-32)44(41)52(40)38-17-25-51(4)26-18-38;/h5-19,21,23,25,27-29,45H,20,22,24,26H2,1-4H3;. The minimum atomic E-state index is 0. The molecule has 53 heavy (non-hydrogen) atoms. The molecule has 8 nitrogen and oxygen atoms in total. The molecule has 9 heteroatoms. The Morgan fingerprint density at radius 3 is 1.55 bits per heavy atom. The van der Waals surface area contributed by atoms with Gasteiger partial charge in [-0.25, -0.2) is 9.97 Å². The third kappa shape index (κ3) is 6.58. The van der Waals surface area contributed by atoms with E-state index in [0.29, 0.717) is 0 Å². The smallest absolute Gasteiger partial charge is 0.0737 e. The molecule has 8 bridgehead atoms. The minimum Gasteiger partial charge on any atom is -0.377 e. The van der Waals surface area contributed by atoms with Gasteiger partial charge < -0.3 is 29.2 Å². The van der Waals surface area contributed by atoms with Gasteiger partial charge in [-0.3, -0.25) is 0 Å². The maximum absolute atomic E-state index is 5.37. The molecule has 0 unspecified atom stereocenters. The maximum Gasteiger partial charge on any atom is 0.0737 e. The van der Waals surface area contributed by atoms with Crippen LogP contribution in [0.1, 0.15) is 39.5 Å². The monoisotopic (exact) mass is 741 g/mol. The number of hydrogen-bond donors (Lipinski definition) is 1. The first kappa shape index (κ1) is 34.3. The van der Waals surface area contributed by atoms with E-state index in [1.54, 1.807) is 0 Å². The fourth-order valence-electron chi connectivity index (χ4n) is 7.45. The maximum atomic E-state index is 5.37. The molecule has 6 aliphatic rings. The quantitative estimate of drug-likeness (QED) is 0.202. The van der Waals surface area contributed by atoms with Crippen LogP contribution in [0.3, 0.4) is 0 Å². The molecule has 0 saturated heterocycles. The van der Waals surface area contributed by atoms with Crippen LogP contribution in [0.2, 0.25) is 0 Å². The van der Waals surface area contributed by atoms with E-state index in [9.17, 15) is 0 Å². The summed E-state index contributed by atoms with van der Waals surface area (Å²) < 4.78 is 2.48. The molecule has 0 fully saturated rings. The molecule has 0 amide bonds. The molecular weight excluding hydrogens is 699 g/mol. The summed E-state index contributed by atoms with van der Waals surface area (Å²) in [4.78, 5) is 22.9. The van der Waals surface area contributed by atoms with Gasteiger partial charge in [0.15, 0.2) is 0 Å². The van der Waals surface area contributed by atoms with Crippen molar-refractivity contribution in [2.24, 2.45) is 0 Å². The molecule has 9 rings (SSSR count). The van der Waals surface area contributed by atoms with E-state index in [0.717, 1.165) is 87.9 Å². The zero-order valence-electron chi connectivity index (χ0n) is 30.4. The van der Waals surface area contributed by atoms with Crippen LogP contribution in [0.5, 0.6) is 0 Å². The van der Waals surface area contributed by atoms with Crippen LogP contribution in [0.4, 0.5) is 0 Å². The van der Waals surface area contributed by atoms with E-state index in [2.05, 4.69) is 185 Å². The summed E-state index contributed by atoms with van der Waals surface area (Å²) in [5.41, 5.74) is 16.0. The summed E-state index contributed by atoms with van der Waals surface area (Å²) in [6, 6.07) is 10.7. The van der Waals surface area contributed by atoms with Gasteiger partial charge >= 0.3 is 0 Å². The van der Waals surface area contributed by atoms with Gasteiger partial charge in [0, 0.05) is 111 Å². The third-order valence-corrected chi connectivity index (χ3v) is 10.2. The number of likely N-dealkylation sites (N-methyl/N-ethyl adjacent to an activating group) is 4. The molecule has 3 aromatic heterocycles. The number of allylic oxidation sites excluding steroid dienone is 8. The van der Waals surface area contributed by atoms with Crippen LogP contribution in [0.25, 0.3) is 68.8 Å². The predicted molar refractivity (Wildman–Crippen MR) is 218 cm³/mol. The van der Waals surface area contributed by atoms with Gasteiger partial charge in [0.2, 0.25) is 0 Å². The summed E-state index contributed by atoms with van der Waals surface area (Å²) in [6.45, 7) is 3.25. The molecular formula is C44H42CoN8. The van der Waals surface area contributed by atoms with Gasteiger partial charge in [-0.1, -0.05) is 18.2 Å². The number of nitrogens with one attached hydrogen (secondary N) is 1. The summed E-state index contributed by atoms with van der Waals surface area (Å²) in [5.74, 6) is 0. The molecule has 0 aliphatic carbocycles. The number of H-pyrrole nitrogens is 1. The Balaban J connectivity index is 0.00000400. The van der Waals surface area contributed by atoms with Crippen LogP contribution >= 0.6 is 0 Å². The largest absolute Gasteiger partial charge is 0.377 e. The Bertz CT molecular complexity index is 2490. The Kier molecular flexibility index (Phi) is 9.06. The molecule has 6 aliphatic heterocycles. The Labute approximate surface area is 321 Å². The van der Waals surface area contributed by atoms with Gasteiger partial charge in [0.1, 0.15) is 0 Å². The van der Waals surface area contributed by atoms with Crippen molar-refractivity contribution in [3.63, 3.8) is 0 Å². The van der Waals surface area contributed by atoms with E-state index in [-0.39, 0.29) is 16.8 Å². The zero-order valence-corrected chi connectivity index (χ0v) is 31.5. The van der Waals surface area contributed by atoms with Gasteiger partial charge in [-0.05, 0) is 120 Å². The first-order valence-corrected chi connectivity index (χ1v) is 17.9. The van der Waals surface area contributed by atoms with Crippen LogP contribution in [-0.4, -0.2) is 93.5 Å². The van der Waals surface area contributed by atoms with E-state index in [1.165, 1.54) is 22.3 Å². The van der Waals surface area contributed by atoms with Crippen molar-refractivity contribution in [3.05, 3.63) is 143 Å². The minimum absolute atomic E-state index is 0. The Morgan fingerprint density at radius 2 is 1.00 bits per heavy atom. The average molecular weight is 742 g/mol. The van der Waals surface area contributed by atoms with Crippen molar-refractivity contribution < 1.29 is 16.8 Å². The number of aromatic nitrogens is 4. The van der Waals surface area contributed by atoms with Crippen molar-refractivity contribution in [1.82, 2.24) is 39.1 Å². The van der Waals surface area contributed by atoms with Gasteiger partial charge in [-0.2, -0.15) is 0 Å². The first-order valence-electron chi connectivity index (χ1n) is 17.9. The fourth-order valence-corrected chi connectivity index (χ4v) is 7.45. The zero-order chi connectivity index (χ0) is 35.3. The van der Waals surface area contributed by atoms with Crippen LogP contribution in [-0.2, 0) is 16.8 Å². The van der Waals surface area contributed by atoms with Crippen LogP contribution in [0.15, 0.2) is 104 Å². The normalized spacial score (nSPS) is 17.6. The molecule has 267 valence electrons. The number of nitrogens with zero attached hydrogens (tertiary/aromatic N) is 7. The Morgan fingerprint density at radius 1 is 0.509 bits per heavy atom. The number of fused-ring (bicyclic) bond motifs is 8. The van der Waals surface area contributed by atoms with Gasteiger partial charge in [-0.15, -0.1) is 0 Å². The summed E-state index contributed by atoms with van der Waals surface area (Å²) in [7, 11) is 8.48. The fraction of sp³-hybridized carbons (Fsp3) is 0.182. The molecule has 1 N–H and O–H groups in total. The van der Waals surface area contributed by atoms with Crippen molar-refractivity contribution in [3.8, 4) is 0 Å². The van der Waals surface area contributed by atoms with E-state index >= 15 is 0 Å². The number of rotatable bonds is 4. The second-order valence-corrected chi connectivity index (χ2v) is 14.2. The second kappa shape index (κ2) is 14.0. The predicted octanol–water partition coefficient (Wildman–Crippen LogP) is 7.95. The third-order valence-electron chi connectivity index (χ3n) is 10.2.